The second kappa shape index (κ2) is 3.88. The van der Waals surface area contributed by atoms with Crippen molar-refractivity contribution in [3.05, 3.63) is 35.9 Å². The van der Waals surface area contributed by atoms with E-state index in [2.05, 4.69) is 0 Å². The molecule has 49 valence electrons. The molecule has 0 amide bonds. The van der Waals surface area contributed by atoms with Crippen LogP contribution in [-0.2, 0) is 11.1 Å². The van der Waals surface area contributed by atoms with Crippen LogP contribution in [-0.4, -0.2) is 13.5 Å². The van der Waals surface area contributed by atoms with Gasteiger partial charge in [-0.1, -0.05) is 35.9 Å². The van der Waals surface area contributed by atoms with Crippen molar-refractivity contribution >= 4 is 13.5 Å². The lowest BCUT2D eigenvalue weighted by Gasteiger charge is -1.92. The van der Waals surface area contributed by atoms with Crippen LogP contribution in [0, 0.1) is 0 Å². The van der Waals surface area contributed by atoms with Gasteiger partial charge >= 0.3 is 0 Å². The van der Waals surface area contributed by atoms with Gasteiger partial charge in [0.25, 0.3) is 0 Å². The molecule has 0 aliphatic rings. The number of hydrogen-bond donors (Lipinski definition) is 0. The number of hydrogen-bond acceptors (Lipinski definition) is 1. The van der Waals surface area contributed by atoms with Crippen LogP contribution in [0.25, 0.3) is 0 Å². The van der Waals surface area contributed by atoms with Crippen LogP contribution in [0.5, 0.6) is 0 Å². The highest BCUT2D eigenvalue weighted by Gasteiger charge is 1.91. The second-order valence-corrected chi connectivity index (χ2v) is 2.13. The van der Waals surface area contributed by atoms with Gasteiger partial charge < -0.3 is 4.79 Å². The van der Waals surface area contributed by atoms with Crippen molar-refractivity contribution in [3.63, 3.8) is 0 Å². The summed E-state index contributed by atoms with van der Waals surface area (Å²) in [5.41, 5.74) is 1.20. The molecule has 0 saturated carbocycles. The van der Waals surface area contributed by atoms with Crippen LogP contribution < -0.4 is 0 Å². The van der Waals surface area contributed by atoms with E-state index in [1.807, 2.05) is 36.5 Å². The maximum atomic E-state index is 9.85. The Hall–Kier alpha value is -1.05. The molecule has 0 N–H and O–H groups in total. The normalized spacial score (nSPS) is 8.80. The first-order chi connectivity index (χ1) is 4.93. The van der Waals surface area contributed by atoms with Crippen molar-refractivity contribution < 1.29 is 4.79 Å². The lowest BCUT2D eigenvalue weighted by atomic mass is 9.74. The lowest BCUT2D eigenvalue weighted by Crippen LogP contribution is -1.96. The van der Waals surface area contributed by atoms with Crippen LogP contribution in [0.3, 0.4) is 0 Å². The number of benzene rings is 1. The van der Waals surface area contributed by atoms with Gasteiger partial charge in [-0.3, -0.25) is 0 Å². The highest BCUT2D eigenvalue weighted by atomic mass is 16.1. The van der Waals surface area contributed by atoms with E-state index in [4.69, 9.17) is 0 Å². The van der Waals surface area contributed by atoms with Gasteiger partial charge in [-0.2, -0.15) is 0 Å². The Morgan fingerprint density at radius 3 is 2.60 bits per heavy atom. The summed E-state index contributed by atoms with van der Waals surface area (Å²) in [5, 5.41) is 0. The molecular formula is C8H8BO. The van der Waals surface area contributed by atoms with Gasteiger partial charge in [-0.25, -0.2) is 0 Å². The largest absolute Gasteiger partial charge is 0.304 e. The minimum atomic E-state index is 0.504. The van der Waals surface area contributed by atoms with Gasteiger partial charge in [0, 0.05) is 0 Å². The summed E-state index contributed by atoms with van der Waals surface area (Å²) in [6.07, 6.45) is 2.68. The highest BCUT2D eigenvalue weighted by molar-refractivity contribution is 6.66. The molecule has 0 saturated heterocycles. The summed E-state index contributed by atoms with van der Waals surface area (Å²) in [4.78, 5) is 9.85. The summed E-state index contributed by atoms with van der Waals surface area (Å²) >= 11 is 0. The van der Waals surface area contributed by atoms with E-state index in [-0.39, 0.29) is 0 Å². The van der Waals surface area contributed by atoms with Crippen molar-refractivity contribution in [2.45, 2.75) is 6.32 Å². The van der Waals surface area contributed by atoms with Gasteiger partial charge in [0.15, 0.2) is 0 Å². The summed E-state index contributed by atoms with van der Waals surface area (Å²) in [6, 6.07) is 9.93. The van der Waals surface area contributed by atoms with E-state index in [1.54, 1.807) is 0 Å². The fourth-order valence-corrected chi connectivity index (χ4v) is 0.840. The Balaban J connectivity index is 2.50. The van der Waals surface area contributed by atoms with E-state index in [9.17, 15) is 4.79 Å². The zero-order chi connectivity index (χ0) is 7.23. The monoisotopic (exact) mass is 131 g/mol. The molecular weight excluding hydrogens is 123 g/mol. The zero-order valence-electron chi connectivity index (χ0n) is 5.71. The fourth-order valence-electron chi connectivity index (χ4n) is 0.840. The van der Waals surface area contributed by atoms with Crippen molar-refractivity contribution in [1.29, 1.82) is 0 Å². The van der Waals surface area contributed by atoms with Gasteiger partial charge in [0.2, 0.25) is 7.28 Å². The number of rotatable bonds is 3. The molecule has 1 rings (SSSR count). The Kier molecular flexibility index (Phi) is 2.74. The minimum Gasteiger partial charge on any atom is -0.304 e. The smallest absolute Gasteiger partial charge is 0.219 e. The van der Waals surface area contributed by atoms with Crippen LogP contribution in [0.2, 0.25) is 0 Å². The molecule has 0 atom stereocenters. The molecule has 1 aromatic rings. The van der Waals surface area contributed by atoms with Crippen molar-refractivity contribution in [2.75, 3.05) is 0 Å². The maximum Gasteiger partial charge on any atom is 0.219 e. The van der Waals surface area contributed by atoms with E-state index in [0.29, 0.717) is 7.28 Å². The molecule has 0 unspecified atom stereocenters. The Labute approximate surface area is 61.3 Å². The summed E-state index contributed by atoms with van der Waals surface area (Å²) in [6.45, 7) is 0. The molecule has 0 spiro atoms. The third kappa shape index (κ3) is 2.06. The molecule has 0 fully saturated rings. The first kappa shape index (κ1) is 7.07. The molecule has 0 aliphatic heterocycles. The molecule has 0 aliphatic carbocycles. The average molecular weight is 131 g/mol. The predicted molar refractivity (Wildman–Crippen MR) is 43.0 cm³/mol. The van der Waals surface area contributed by atoms with E-state index < -0.39 is 0 Å². The quantitative estimate of drug-likeness (QED) is 0.551. The lowest BCUT2D eigenvalue weighted by molar-refractivity contribution is 0.568. The SMILES string of the molecule is O=[C]BCc1ccccc1. The molecule has 2 heteroatoms. The maximum absolute atomic E-state index is 9.85. The summed E-state index contributed by atoms with van der Waals surface area (Å²) in [5.74, 6) is 0. The molecule has 1 nitrogen and oxygen atoms in total. The van der Waals surface area contributed by atoms with Crippen LogP contribution >= 0.6 is 0 Å². The van der Waals surface area contributed by atoms with E-state index >= 15 is 0 Å². The molecule has 10 heavy (non-hydrogen) atoms. The zero-order valence-corrected chi connectivity index (χ0v) is 5.71. The van der Waals surface area contributed by atoms with Crippen molar-refractivity contribution in [3.8, 4) is 0 Å². The first-order valence-corrected chi connectivity index (χ1v) is 3.32. The van der Waals surface area contributed by atoms with E-state index in [0.717, 1.165) is 6.32 Å². The predicted octanol–water partition coefficient (Wildman–Crippen LogP) is 0.690. The third-order valence-corrected chi connectivity index (χ3v) is 1.36. The standard InChI is InChI=1S/C8H8BO/c10-7-9-6-8-4-2-1-3-5-8/h1-5,9H,6H2. The Bertz CT molecular complexity index is 196. The third-order valence-electron chi connectivity index (χ3n) is 1.36. The van der Waals surface area contributed by atoms with Gasteiger partial charge in [-0.05, 0) is 6.32 Å². The van der Waals surface area contributed by atoms with Crippen LogP contribution in [0.1, 0.15) is 5.56 Å². The Morgan fingerprint density at radius 2 is 2.00 bits per heavy atom. The summed E-state index contributed by atoms with van der Waals surface area (Å²) in [7, 11) is 0.504. The van der Waals surface area contributed by atoms with Crippen molar-refractivity contribution in [1.82, 2.24) is 0 Å². The topological polar surface area (TPSA) is 17.1 Å². The highest BCUT2D eigenvalue weighted by Crippen LogP contribution is 1.96. The average Bonchev–Trinajstić information content (AvgIpc) is 2.03. The second-order valence-electron chi connectivity index (χ2n) is 2.13. The van der Waals surface area contributed by atoms with Gasteiger partial charge in [0.1, 0.15) is 6.19 Å². The molecule has 0 heterocycles. The van der Waals surface area contributed by atoms with Crippen molar-refractivity contribution in [2.24, 2.45) is 0 Å². The minimum absolute atomic E-state index is 0.504. The summed E-state index contributed by atoms with van der Waals surface area (Å²) < 4.78 is 0. The van der Waals surface area contributed by atoms with Crippen LogP contribution in [0.15, 0.2) is 30.3 Å². The molecule has 1 radical (unpaired) electrons. The first-order valence-electron chi connectivity index (χ1n) is 3.32. The molecule has 0 aromatic heterocycles. The molecule has 0 bridgehead atoms. The Morgan fingerprint density at radius 1 is 1.30 bits per heavy atom. The van der Waals surface area contributed by atoms with E-state index in [1.165, 1.54) is 5.56 Å². The van der Waals surface area contributed by atoms with Crippen LogP contribution in [0.4, 0.5) is 0 Å². The fraction of sp³-hybridized carbons (Fsp3) is 0.125. The van der Waals surface area contributed by atoms with Gasteiger partial charge in [-0.15, -0.1) is 0 Å². The van der Waals surface area contributed by atoms with Gasteiger partial charge in [0.05, 0.1) is 0 Å². The number of carbonyl (C=O) groups excluding carboxylic acids is 1. The molecule has 1 aromatic carbocycles.